The second-order valence-corrected chi connectivity index (χ2v) is 14.9. The van der Waals surface area contributed by atoms with Gasteiger partial charge in [-0.3, -0.25) is 4.99 Å². The van der Waals surface area contributed by atoms with Gasteiger partial charge in [0, 0.05) is 48.7 Å². The third kappa shape index (κ3) is 4.45. The summed E-state index contributed by atoms with van der Waals surface area (Å²) in [4.78, 5) is 10.2. The number of aromatic hydroxyl groups is 1. The fourth-order valence-corrected chi connectivity index (χ4v) is 9.30. The molecule has 2 atom stereocenters. The number of benzene rings is 5. The first-order chi connectivity index (χ1) is 23.9. The van der Waals surface area contributed by atoms with Crippen LogP contribution in [-0.4, -0.2) is 21.6 Å². The van der Waals surface area contributed by atoms with E-state index in [9.17, 15) is 5.11 Å². The molecule has 0 fully saturated rings. The Labute approximate surface area is 311 Å². The van der Waals surface area contributed by atoms with E-state index < -0.39 is 22.0 Å². The number of rotatable bonds is 5. The zero-order valence-corrected chi connectivity index (χ0v) is 31.5. The number of furan rings is 1. The van der Waals surface area contributed by atoms with Crippen molar-refractivity contribution in [1.82, 2.24) is 4.98 Å². The van der Waals surface area contributed by atoms with Crippen molar-refractivity contribution in [3.05, 3.63) is 143 Å². The first-order valence-electron chi connectivity index (χ1n) is 17.1. The van der Waals surface area contributed by atoms with Gasteiger partial charge in [0.1, 0.15) is 33.9 Å². The van der Waals surface area contributed by atoms with Gasteiger partial charge in [-0.1, -0.05) is 118 Å². The van der Waals surface area contributed by atoms with Crippen molar-refractivity contribution in [2.24, 2.45) is 4.99 Å². The van der Waals surface area contributed by atoms with Crippen molar-refractivity contribution < 1.29 is 40.1 Å². The number of aliphatic imine (C=N–C) groups is 1. The molecule has 7 aromatic rings. The fourth-order valence-electron chi connectivity index (χ4n) is 9.30. The number of pyridine rings is 1. The Morgan fingerprint density at radius 2 is 1.51 bits per heavy atom. The van der Waals surface area contributed by atoms with Crippen molar-refractivity contribution in [3.8, 4) is 17.4 Å². The number of fused-ring (bicyclic) bond motifs is 7. The largest absolute Gasteiger partial charge is 0.509 e. The number of ether oxygens (including phenoxy) is 2. The minimum atomic E-state index is -0.814. The van der Waals surface area contributed by atoms with Gasteiger partial charge in [-0.2, -0.15) is 0 Å². The van der Waals surface area contributed by atoms with Gasteiger partial charge in [-0.15, -0.1) is 6.07 Å². The molecule has 0 saturated heterocycles. The molecule has 0 amide bonds. The maximum absolute atomic E-state index is 10.7. The van der Waals surface area contributed by atoms with Crippen LogP contribution in [0, 0.1) is 13.0 Å². The summed E-state index contributed by atoms with van der Waals surface area (Å²) >= 11 is 0. The average Bonchev–Trinajstić information content (AvgIpc) is 3.70. The molecule has 6 nitrogen and oxygen atoms in total. The maximum atomic E-state index is 10.7. The minimum Gasteiger partial charge on any atom is -0.509 e. The van der Waals surface area contributed by atoms with Gasteiger partial charge in [0.2, 0.25) is 5.88 Å². The Morgan fingerprint density at radius 3 is 2.29 bits per heavy atom. The van der Waals surface area contributed by atoms with Crippen LogP contribution in [0.1, 0.15) is 62.4 Å². The number of phenolic OH excluding ortho intramolecular Hbond substituents is 1. The van der Waals surface area contributed by atoms with E-state index in [4.69, 9.17) is 18.9 Å². The SMILES string of the molecule is Cc1cc(O)c2nc(Oc3[c-]c(C4=N[C@@]5(C)c6ccccc6C(C)(C)[C@@]5(C(C)(C)c5ccccc5)O4)cc4c3oc3ccccc34)ccc2c1.[Pt]. The molecule has 1 aliphatic heterocycles. The Hall–Kier alpha value is -4.93. The molecule has 9 rings (SSSR count). The van der Waals surface area contributed by atoms with E-state index in [1.165, 1.54) is 11.1 Å². The standard InChI is InChI=1S/C44H37N2O4.Pt/c1-26-22-27-20-21-37(45-38(27)34(47)23-26)48-36-25-28(24-31-30-16-10-13-19-35(30)49-39(31)36)40-46-43(6)33-18-12-11-17-32(33)42(4,5)44(43,50-40)41(2,3)29-14-8-7-9-15-29;/h7-24,47H,1-6H3;/q-1;/t43-,44+;/m0./s1. The summed E-state index contributed by atoms with van der Waals surface area (Å²) in [7, 11) is 0. The van der Waals surface area contributed by atoms with Gasteiger partial charge >= 0.3 is 0 Å². The van der Waals surface area contributed by atoms with Crippen LogP contribution in [0.4, 0.5) is 0 Å². The molecule has 2 aliphatic rings. The molecule has 1 aliphatic carbocycles. The van der Waals surface area contributed by atoms with Crippen LogP contribution in [0.2, 0.25) is 0 Å². The quantitative estimate of drug-likeness (QED) is 0.175. The van der Waals surface area contributed by atoms with Crippen LogP contribution in [0.5, 0.6) is 17.4 Å². The van der Waals surface area contributed by atoms with Crippen LogP contribution in [0.15, 0.2) is 119 Å². The van der Waals surface area contributed by atoms with Crippen molar-refractivity contribution in [2.45, 2.75) is 63.5 Å². The molecule has 0 spiro atoms. The molecule has 51 heavy (non-hydrogen) atoms. The minimum absolute atomic E-state index is 0. The van der Waals surface area contributed by atoms with Crippen LogP contribution in [0.3, 0.4) is 0 Å². The first kappa shape index (κ1) is 33.2. The summed E-state index contributed by atoms with van der Waals surface area (Å²) in [6, 6.07) is 40.1. The Kier molecular flexibility index (Phi) is 7.35. The van der Waals surface area contributed by atoms with Crippen LogP contribution < -0.4 is 4.74 Å². The summed E-state index contributed by atoms with van der Waals surface area (Å²) in [5, 5.41) is 13.3. The van der Waals surface area contributed by atoms with Crippen molar-refractivity contribution in [1.29, 1.82) is 0 Å². The molecule has 0 radical (unpaired) electrons. The smallest absolute Gasteiger partial charge is 0.217 e. The van der Waals surface area contributed by atoms with E-state index in [-0.39, 0.29) is 26.8 Å². The summed E-state index contributed by atoms with van der Waals surface area (Å²) in [6.07, 6.45) is 0. The van der Waals surface area contributed by atoms with Crippen LogP contribution >= 0.6 is 0 Å². The maximum Gasteiger partial charge on any atom is 0.217 e. The van der Waals surface area contributed by atoms with E-state index >= 15 is 0 Å². The molecule has 7 heteroatoms. The molecule has 5 aromatic carbocycles. The molecule has 1 N–H and O–H groups in total. The molecule has 3 heterocycles. The molecule has 0 bridgehead atoms. The number of aryl methyl sites for hydroxylation is 1. The second-order valence-electron chi connectivity index (χ2n) is 14.9. The van der Waals surface area contributed by atoms with Crippen LogP contribution in [-0.2, 0) is 42.2 Å². The number of hydrogen-bond acceptors (Lipinski definition) is 6. The molecule has 0 saturated carbocycles. The zero-order chi connectivity index (χ0) is 34.6. The molecule has 2 aromatic heterocycles. The molecular formula is C44H37N2O4Pt-. The number of nitrogens with zero attached hydrogens (tertiary/aromatic N) is 2. The van der Waals surface area contributed by atoms with E-state index in [0.717, 1.165) is 32.9 Å². The van der Waals surface area contributed by atoms with Gasteiger partial charge < -0.3 is 19.0 Å². The first-order valence-corrected chi connectivity index (χ1v) is 17.1. The van der Waals surface area contributed by atoms with Gasteiger partial charge in [0.15, 0.2) is 0 Å². The number of para-hydroxylation sites is 1. The second kappa shape index (κ2) is 11.3. The monoisotopic (exact) mass is 852 g/mol. The van der Waals surface area contributed by atoms with Crippen molar-refractivity contribution >= 4 is 38.7 Å². The molecule has 258 valence electrons. The van der Waals surface area contributed by atoms with Crippen molar-refractivity contribution in [2.75, 3.05) is 0 Å². The fraction of sp³-hybridized carbons (Fsp3) is 0.227. The predicted octanol–water partition coefficient (Wildman–Crippen LogP) is 10.4. The van der Waals surface area contributed by atoms with E-state index in [1.54, 1.807) is 12.1 Å². The third-order valence-corrected chi connectivity index (χ3v) is 11.3. The Morgan fingerprint density at radius 1 is 0.804 bits per heavy atom. The summed E-state index contributed by atoms with van der Waals surface area (Å²) < 4.78 is 20.4. The summed E-state index contributed by atoms with van der Waals surface area (Å²) in [6.45, 7) is 13.3. The van der Waals surface area contributed by atoms with E-state index in [0.29, 0.717) is 34.2 Å². The van der Waals surface area contributed by atoms with Gasteiger partial charge in [-0.25, -0.2) is 4.98 Å². The van der Waals surface area contributed by atoms with Gasteiger partial charge in [-0.05, 0) is 60.4 Å². The van der Waals surface area contributed by atoms with E-state index in [1.807, 2.05) is 49.4 Å². The van der Waals surface area contributed by atoms with Crippen LogP contribution in [0.25, 0.3) is 32.8 Å². The third-order valence-electron chi connectivity index (χ3n) is 11.3. The number of hydrogen-bond donors (Lipinski definition) is 1. The summed E-state index contributed by atoms with van der Waals surface area (Å²) in [5.41, 5.74) is 4.43. The molecular weight excluding hydrogens is 816 g/mol. The van der Waals surface area contributed by atoms with E-state index in [2.05, 4.69) is 100 Å². The Bertz CT molecular complexity index is 2550. The zero-order valence-electron chi connectivity index (χ0n) is 29.3. The number of phenols is 1. The average molecular weight is 853 g/mol. The van der Waals surface area contributed by atoms with Crippen molar-refractivity contribution in [3.63, 3.8) is 0 Å². The normalized spacial score (nSPS) is 20.5. The predicted molar refractivity (Wildman–Crippen MR) is 197 cm³/mol. The molecule has 0 unspecified atom stereocenters. The topological polar surface area (TPSA) is 77.1 Å². The van der Waals surface area contributed by atoms with Gasteiger partial charge in [0.05, 0.1) is 11.3 Å². The summed E-state index contributed by atoms with van der Waals surface area (Å²) in [5.74, 6) is 1.26. The Balaban J connectivity index is 0.00000374. The van der Waals surface area contributed by atoms with Gasteiger partial charge in [0.25, 0.3) is 0 Å². The number of aromatic nitrogens is 1.